The minimum Gasteiger partial charge on any atom is -0.507 e. The fraction of sp³-hybridized carbons (Fsp3) is 0.550. The van der Waals surface area contributed by atoms with Crippen molar-refractivity contribution in [3.05, 3.63) is 75.7 Å². The van der Waals surface area contributed by atoms with Crippen molar-refractivity contribution in [3.63, 3.8) is 0 Å². The first-order valence-electron chi connectivity index (χ1n) is 19.2. The molecule has 0 aliphatic carbocycles. The summed E-state index contributed by atoms with van der Waals surface area (Å²) in [6, 6.07) is 9.73. The standard InChI is InChI=1S/C33H43F3N4O4.C5H3F3OS.C2H4O2/c1-3-9-27-24(10-8-18-40(27)31(42)29-26(33(34,35)36)12-7-17-37-29)30(41)38-20-15-32(43,16-21-38)25-11-5-6-13-28(25)44-39-19-14-23(4-2)22-39;6-5(7,8)4-1-3(9)2-10-4;3-1-2-4/h5-7,11-13,17,23-24,27,43H,3-4,8-10,14-16,18-22H2,1-2H3;1-2,9H;1,4H,2H2. The van der Waals surface area contributed by atoms with Crippen molar-refractivity contribution in [3.8, 4) is 11.5 Å². The number of nitrogens with zero attached hydrogens (tertiary/aromatic N) is 4. The Morgan fingerprint density at radius 1 is 1.00 bits per heavy atom. The normalized spacial score (nSPS) is 21.0. The number of alkyl halides is 6. The first-order valence-corrected chi connectivity index (χ1v) is 20.1. The smallest absolute Gasteiger partial charge is 0.425 e. The van der Waals surface area contributed by atoms with Crippen LogP contribution >= 0.6 is 11.3 Å². The SMILES string of the molecule is CCCC1C(C(=O)N2CCC(O)(c3ccccc3ON3CCC(CC)C3)CC2)CCCN1C(=O)c1ncccc1C(F)(F)F.O=CCO.Oc1csc(C(F)(F)F)c1. The quantitative estimate of drug-likeness (QED) is 0.149. The van der Waals surface area contributed by atoms with Crippen LogP contribution in [0.5, 0.6) is 11.5 Å². The molecule has 0 radical (unpaired) electrons. The van der Waals surface area contributed by atoms with Gasteiger partial charge in [-0.2, -0.15) is 26.3 Å². The number of likely N-dealkylation sites (tertiary alicyclic amines) is 2. The third kappa shape index (κ3) is 11.9. The summed E-state index contributed by atoms with van der Waals surface area (Å²) in [6.45, 7) is 6.37. The second-order valence-corrected chi connectivity index (χ2v) is 15.3. The molecule has 58 heavy (non-hydrogen) atoms. The Hall–Kier alpha value is -4.26. The van der Waals surface area contributed by atoms with Crippen LogP contribution in [-0.4, -0.2) is 98.6 Å². The van der Waals surface area contributed by atoms with E-state index in [0.717, 1.165) is 37.4 Å². The molecular formula is C40H50F6N4O7S. The van der Waals surface area contributed by atoms with Crippen molar-refractivity contribution >= 4 is 29.4 Å². The van der Waals surface area contributed by atoms with Crippen molar-refractivity contribution in [1.29, 1.82) is 0 Å². The first-order chi connectivity index (χ1) is 27.5. The van der Waals surface area contributed by atoms with E-state index in [4.69, 9.17) is 19.8 Å². The molecule has 320 valence electrons. The van der Waals surface area contributed by atoms with Crippen LogP contribution in [0.25, 0.3) is 0 Å². The molecule has 5 heterocycles. The van der Waals surface area contributed by atoms with Gasteiger partial charge in [0.2, 0.25) is 5.91 Å². The molecule has 0 bridgehead atoms. The average molecular weight is 845 g/mol. The van der Waals surface area contributed by atoms with Crippen molar-refractivity contribution in [2.24, 2.45) is 11.8 Å². The van der Waals surface area contributed by atoms with Crippen molar-refractivity contribution in [1.82, 2.24) is 19.8 Å². The van der Waals surface area contributed by atoms with E-state index in [9.17, 15) is 41.0 Å². The number of hydrogen-bond acceptors (Lipinski definition) is 10. The molecule has 3 atom stereocenters. The summed E-state index contributed by atoms with van der Waals surface area (Å²) in [7, 11) is 0. The molecule has 3 aliphatic rings. The van der Waals surface area contributed by atoms with E-state index in [0.29, 0.717) is 92.5 Å². The van der Waals surface area contributed by atoms with Crippen LogP contribution in [0.1, 0.15) is 91.7 Å². The summed E-state index contributed by atoms with van der Waals surface area (Å²) < 4.78 is 76.2. The van der Waals surface area contributed by atoms with E-state index in [1.54, 1.807) is 4.90 Å². The Kier molecular flexibility index (Phi) is 16.5. The number of hydroxylamine groups is 2. The Morgan fingerprint density at radius 3 is 2.24 bits per heavy atom. The van der Waals surface area contributed by atoms with Gasteiger partial charge in [-0.3, -0.25) is 14.6 Å². The number of rotatable bonds is 9. The van der Waals surface area contributed by atoms with E-state index in [2.05, 4.69) is 11.9 Å². The molecule has 6 rings (SSSR count). The summed E-state index contributed by atoms with van der Waals surface area (Å²) in [5.74, 6) is -0.554. The Balaban J connectivity index is 0.000000450. The molecule has 1 aromatic carbocycles. The van der Waals surface area contributed by atoms with E-state index in [-0.39, 0.29) is 24.8 Å². The minimum atomic E-state index is -4.72. The number of aromatic hydroxyl groups is 1. The monoisotopic (exact) mass is 844 g/mol. The zero-order chi connectivity index (χ0) is 42.7. The number of carbonyl (C=O) groups is 3. The number of piperidine rings is 2. The highest BCUT2D eigenvalue weighted by Crippen LogP contribution is 2.41. The maximum atomic E-state index is 14.0. The highest BCUT2D eigenvalue weighted by molar-refractivity contribution is 7.10. The summed E-state index contributed by atoms with van der Waals surface area (Å²) in [4.78, 5) is 48.9. The molecule has 3 unspecified atom stereocenters. The Morgan fingerprint density at radius 2 is 1.69 bits per heavy atom. The van der Waals surface area contributed by atoms with Gasteiger partial charge < -0.3 is 34.8 Å². The van der Waals surface area contributed by atoms with Crippen molar-refractivity contribution in [2.75, 3.05) is 39.3 Å². The summed E-state index contributed by atoms with van der Waals surface area (Å²) in [6.07, 6.45) is -2.38. The van der Waals surface area contributed by atoms with Crippen LogP contribution in [0.15, 0.2) is 54.0 Å². The molecule has 18 heteroatoms. The number of pyridine rings is 1. The molecule has 3 aromatic rings. The zero-order valence-electron chi connectivity index (χ0n) is 32.3. The summed E-state index contributed by atoms with van der Waals surface area (Å²) >= 11 is 0.481. The number of aliphatic hydroxyl groups is 2. The lowest BCUT2D eigenvalue weighted by Crippen LogP contribution is -2.55. The highest BCUT2D eigenvalue weighted by atomic mass is 32.1. The Labute approximate surface area is 337 Å². The zero-order valence-corrected chi connectivity index (χ0v) is 33.2. The van der Waals surface area contributed by atoms with Gasteiger partial charge in [0.05, 0.1) is 23.7 Å². The van der Waals surface area contributed by atoms with Crippen LogP contribution in [0.3, 0.4) is 0 Å². The lowest BCUT2D eigenvalue weighted by molar-refractivity contribution is -0.144. The number of thiophene rings is 1. The minimum absolute atomic E-state index is 0.118. The predicted octanol–water partition coefficient (Wildman–Crippen LogP) is 7.31. The molecule has 0 saturated carbocycles. The highest BCUT2D eigenvalue weighted by Gasteiger charge is 2.45. The number of aliphatic hydroxyl groups excluding tert-OH is 1. The molecule has 3 N–H and O–H groups in total. The predicted molar refractivity (Wildman–Crippen MR) is 203 cm³/mol. The fourth-order valence-electron chi connectivity index (χ4n) is 7.55. The van der Waals surface area contributed by atoms with Gasteiger partial charge in [-0.05, 0) is 62.6 Å². The molecule has 2 aromatic heterocycles. The maximum absolute atomic E-state index is 14.0. The molecule has 3 aliphatic heterocycles. The van der Waals surface area contributed by atoms with Gasteiger partial charge in [0.25, 0.3) is 5.91 Å². The number of amides is 2. The number of para-hydroxylation sites is 1. The number of benzene rings is 1. The number of carbonyl (C=O) groups excluding carboxylic acids is 3. The maximum Gasteiger partial charge on any atom is 0.425 e. The van der Waals surface area contributed by atoms with Crippen LogP contribution in [0.2, 0.25) is 0 Å². The van der Waals surface area contributed by atoms with Gasteiger partial charge >= 0.3 is 12.4 Å². The molecule has 0 spiro atoms. The van der Waals surface area contributed by atoms with Crippen LogP contribution < -0.4 is 4.84 Å². The van der Waals surface area contributed by atoms with Gasteiger partial charge in [-0.25, -0.2) is 0 Å². The summed E-state index contributed by atoms with van der Waals surface area (Å²) in [5.41, 5.74) is -2.15. The number of hydrogen-bond donors (Lipinski definition) is 3. The van der Waals surface area contributed by atoms with Crippen LogP contribution in [0, 0.1) is 11.8 Å². The topological polar surface area (TPSA) is 144 Å². The third-order valence-electron chi connectivity index (χ3n) is 10.5. The fourth-order valence-corrected chi connectivity index (χ4v) is 8.19. The van der Waals surface area contributed by atoms with E-state index >= 15 is 0 Å². The molecule has 3 fully saturated rings. The summed E-state index contributed by atoms with van der Waals surface area (Å²) in [5, 5.41) is 30.8. The lowest BCUT2D eigenvalue weighted by atomic mass is 9.81. The third-order valence-corrected chi connectivity index (χ3v) is 11.5. The van der Waals surface area contributed by atoms with E-state index in [1.807, 2.05) is 36.3 Å². The van der Waals surface area contributed by atoms with Gasteiger partial charge in [0, 0.05) is 62.0 Å². The average Bonchev–Trinajstić information content (AvgIpc) is 3.87. The van der Waals surface area contributed by atoms with Gasteiger partial charge in [0.1, 0.15) is 22.6 Å². The van der Waals surface area contributed by atoms with E-state index < -0.39 is 52.0 Å². The Bertz CT molecular complexity index is 1800. The van der Waals surface area contributed by atoms with Crippen molar-refractivity contribution in [2.45, 2.75) is 89.2 Å². The van der Waals surface area contributed by atoms with Crippen LogP contribution in [0.4, 0.5) is 26.3 Å². The van der Waals surface area contributed by atoms with Gasteiger partial charge in [0.15, 0.2) is 5.75 Å². The first kappa shape index (κ1) is 46.4. The second kappa shape index (κ2) is 20.6. The molecule has 11 nitrogen and oxygen atoms in total. The molecule has 2 amide bonds. The van der Waals surface area contributed by atoms with Gasteiger partial charge in [-0.15, -0.1) is 16.4 Å². The lowest BCUT2D eigenvalue weighted by Gasteiger charge is -2.45. The number of aromatic nitrogens is 1. The van der Waals surface area contributed by atoms with Crippen LogP contribution in [-0.2, 0) is 27.5 Å². The molecular weight excluding hydrogens is 795 g/mol. The number of aldehydes is 1. The van der Waals surface area contributed by atoms with Gasteiger partial charge in [-0.1, -0.05) is 44.9 Å². The van der Waals surface area contributed by atoms with E-state index in [1.165, 1.54) is 17.2 Å². The largest absolute Gasteiger partial charge is 0.507 e. The van der Waals surface area contributed by atoms with Crippen molar-refractivity contribution < 1.29 is 60.9 Å². The molecule has 3 saturated heterocycles. The number of halogens is 6. The second-order valence-electron chi connectivity index (χ2n) is 14.4.